The van der Waals surface area contributed by atoms with Crippen LogP contribution in [0.3, 0.4) is 0 Å². The normalized spacial score (nSPS) is 17.3. The van der Waals surface area contributed by atoms with Crippen LogP contribution in [0.15, 0.2) is 36.4 Å². The summed E-state index contributed by atoms with van der Waals surface area (Å²) in [6.45, 7) is 2.17. The molecule has 8 heteroatoms. The number of anilines is 1. The van der Waals surface area contributed by atoms with E-state index < -0.39 is 23.9 Å². The Morgan fingerprint density at radius 3 is 2.36 bits per heavy atom. The highest BCUT2D eigenvalue weighted by atomic mass is 32.1. The third-order valence-electron chi connectivity index (χ3n) is 5.18. The number of halogens is 3. The van der Waals surface area contributed by atoms with Crippen LogP contribution in [-0.4, -0.2) is 17.7 Å². The molecule has 1 heterocycles. The molecule has 3 rings (SSSR count). The van der Waals surface area contributed by atoms with E-state index in [0.717, 1.165) is 47.6 Å². The van der Waals surface area contributed by atoms with Gasteiger partial charge < -0.3 is 15.7 Å². The van der Waals surface area contributed by atoms with Gasteiger partial charge in [0.1, 0.15) is 0 Å². The van der Waals surface area contributed by atoms with Gasteiger partial charge in [-0.2, -0.15) is 13.2 Å². The Morgan fingerprint density at radius 1 is 1.18 bits per heavy atom. The first-order valence-corrected chi connectivity index (χ1v) is 10.0. The van der Waals surface area contributed by atoms with E-state index in [9.17, 15) is 23.1 Å². The van der Waals surface area contributed by atoms with Gasteiger partial charge in [-0.25, -0.2) is 4.79 Å². The maximum Gasteiger partial charge on any atom is 0.416 e. The number of aliphatic hydroxyl groups is 1. The van der Waals surface area contributed by atoms with Crippen molar-refractivity contribution in [3.8, 4) is 0 Å². The first-order chi connectivity index (χ1) is 13.2. The van der Waals surface area contributed by atoms with Gasteiger partial charge >= 0.3 is 12.2 Å². The van der Waals surface area contributed by atoms with Crippen LogP contribution in [0, 0.1) is 0 Å². The molecule has 0 saturated heterocycles. The lowest BCUT2D eigenvalue weighted by molar-refractivity contribution is -0.137. The molecule has 1 atom stereocenters. The zero-order valence-electron chi connectivity index (χ0n) is 15.5. The summed E-state index contributed by atoms with van der Waals surface area (Å²) in [5.41, 5.74) is -0.608. The number of urea groups is 1. The standard InChI is InChI=1S/C20H23F3N2O2S/c1-13(26)16-8-9-17(28-16)19(10-2-3-11-19)12-24-18(27)25-15-6-4-14(5-7-15)20(21,22)23/h4-9,13,26H,2-3,10-12H2,1H3,(H2,24,25,27). The van der Waals surface area contributed by atoms with Crippen molar-refractivity contribution in [1.82, 2.24) is 5.32 Å². The van der Waals surface area contributed by atoms with Crippen LogP contribution in [0.5, 0.6) is 0 Å². The van der Waals surface area contributed by atoms with Crippen molar-refractivity contribution >= 4 is 23.1 Å². The van der Waals surface area contributed by atoms with E-state index in [1.54, 1.807) is 18.3 Å². The molecule has 1 aromatic carbocycles. The van der Waals surface area contributed by atoms with Gasteiger partial charge in [0.25, 0.3) is 0 Å². The number of alkyl halides is 3. The Labute approximate surface area is 165 Å². The molecular formula is C20H23F3N2O2S. The quantitative estimate of drug-likeness (QED) is 0.611. The van der Waals surface area contributed by atoms with E-state index in [0.29, 0.717) is 12.2 Å². The summed E-state index contributed by atoms with van der Waals surface area (Å²) in [5, 5.41) is 15.2. The van der Waals surface area contributed by atoms with Gasteiger partial charge in [-0.3, -0.25) is 0 Å². The van der Waals surface area contributed by atoms with Crippen molar-refractivity contribution in [3.05, 3.63) is 51.7 Å². The van der Waals surface area contributed by atoms with Crippen molar-refractivity contribution in [2.75, 3.05) is 11.9 Å². The van der Waals surface area contributed by atoms with Crippen LogP contribution in [0.25, 0.3) is 0 Å². The van der Waals surface area contributed by atoms with Crippen molar-refractivity contribution in [2.24, 2.45) is 0 Å². The Hall–Kier alpha value is -2.06. The summed E-state index contributed by atoms with van der Waals surface area (Å²) in [5.74, 6) is 0. The Bertz CT molecular complexity index is 810. The maximum absolute atomic E-state index is 12.6. The minimum Gasteiger partial charge on any atom is -0.388 e. The van der Waals surface area contributed by atoms with Gasteiger partial charge in [-0.1, -0.05) is 12.8 Å². The fourth-order valence-corrected chi connectivity index (χ4v) is 4.78. The third-order valence-corrected chi connectivity index (χ3v) is 6.68. The Morgan fingerprint density at radius 2 is 1.82 bits per heavy atom. The highest BCUT2D eigenvalue weighted by Gasteiger charge is 2.37. The van der Waals surface area contributed by atoms with Crippen LogP contribution in [0.1, 0.15) is 54.0 Å². The second-order valence-corrected chi connectivity index (χ2v) is 8.36. The molecule has 4 nitrogen and oxygen atoms in total. The number of benzene rings is 1. The minimum absolute atomic E-state index is 0.157. The molecule has 1 saturated carbocycles. The first-order valence-electron chi connectivity index (χ1n) is 9.20. The monoisotopic (exact) mass is 412 g/mol. The maximum atomic E-state index is 12.6. The van der Waals surface area contributed by atoms with E-state index in [1.807, 2.05) is 12.1 Å². The molecule has 0 bridgehead atoms. The average Bonchev–Trinajstić information content (AvgIpc) is 3.30. The van der Waals surface area contributed by atoms with Gasteiger partial charge in [0.05, 0.1) is 11.7 Å². The molecule has 2 amide bonds. The molecular weight excluding hydrogens is 389 g/mol. The number of carbonyl (C=O) groups excluding carboxylic acids is 1. The molecule has 2 aromatic rings. The Kier molecular flexibility index (Phi) is 6.00. The molecule has 0 spiro atoms. The molecule has 1 aliphatic rings. The topological polar surface area (TPSA) is 61.4 Å². The summed E-state index contributed by atoms with van der Waals surface area (Å²) in [4.78, 5) is 14.3. The van der Waals surface area contributed by atoms with E-state index in [1.165, 1.54) is 12.1 Å². The lowest BCUT2D eigenvalue weighted by Crippen LogP contribution is -2.40. The van der Waals surface area contributed by atoms with Crippen LogP contribution in [0.4, 0.5) is 23.7 Å². The molecule has 28 heavy (non-hydrogen) atoms. The first kappa shape index (κ1) is 20.7. The van der Waals surface area contributed by atoms with Gasteiger partial charge in [-0.05, 0) is 56.2 Å². The molecule has 1 fully saturated rings. The zero-order valence-corrected chi connectivity index (χ0v) is 16.3. The van der Waals surface area contributed by atoms with Gasteiger partial charge in [0, 0.05) is 27.4 Å². The Balaban J connectivity index is 1.63. The summed E-state index contributed by atoms with van der Waals surface area (Å²) >= 11 is 1.57. The van der Waals surface area contributed by atoms with Crippen LogP contribution in [-0.2, 0) is 11.6 Å². The summed E-state index contributed by atoms with van der Waals surface area (Å²) in [6.07, 6.45) is -0.871. The molecule has 1 unspecified atom stereocenters. The largest absolute Gasteiger partial charge is 0.416 e. The number of nitrogens with one attached hydrogen (secondary N) is 2. The lowest BCUT2D eigenvalue weighted by Gasteiger charge is -2.28. The zero-order chi connectivity index (χ0) is 20.4. The fraction of sp³-hybridized carbons (Fsp3) is 0.450. The smallest absolute Gasteiger partial charge is 0.388 e. The molecule has 3 N–H and O–H groups in total. The van der Waals surface area contributed by atoms with Crippen LogP contribution in [0.2, 0.25) is 0 Å². The number of rotatable bonds is 5. The predicted molar refractivity (Wildman–Crippen MR) is 104 cm³/mol. The number of hydrogen-bond acceptors (Lipinski definition) is 3. The van der Waals surface area contributed by atoms with E-state index in [4.69, 9.17) is 0 Å². The SMILES string of the molecule is CC(O)c1ccc(C2(CNC(=O)Nc3ccc(C(F)(F)F)cc3)CCCC2)s1. The van der Waals surface area contributed by atoms with Crippen LogP contribution >= 0.6 is 11.3 Å². The van der Waals surface area contributed by atoms with Crippen LogP contribution < -0.4 is 10.6 Å². The number of carbonyl (C=O) groups is 1. The fourth-order valence-electron chi connectivity index (χ4n) is 3.59. The molecule has 152 valence electrons. The summed E-state index contributed by atoms with van der Waals surface area (Å²) in [7, 11) is 0. The molecule has 0 radical (unpaired) electrons. The summed E-state index contributed by atoms with van der Waals surface area (Å²) in [6, 6.07) is 7.86. The lowest BCUT2D eigenvalue weighted by atomic mass is 9.84. The van der Waals surface area contributed by atoms with Crippen molar-refractivity contribution in [3.63, 3.8) is 0 Å². The second-order valence-electron chi connectivity index (χ2n) is 7.25. The van der Waals surface area contributed by atoms with Gasteiger partial charge in [0.2, 0.25) is 0 Å². The second kappa shape index (κ2) is 8.13. The van der Waals surface area contributed by atoms with Crippen molar-refractivity contribution in [2.45, 2.75) is 50.3 Å². The number of aliphatic hydroxyl groups excluding tert-OH is 1. The van der Waals surface area contributed by atoms with Gasteiger partial charge in [0.15, 0.2) is 0 Å². The van der Waals surface area contributed by atoms with Gasteiger partial charge in [-0.15, -0.1) is 11.3 Å². The number of thiophene rings is 1. The highest BCUT2D eigenvalue weighted by Crippen LogP contribution is 2.44. The third kappa shape index (κ3) is 4.67. The number of amides is 2. The van der Waals surface area contributed by atoms with E-state index >= 15 is 0 Å². The molecule has 1 aliphatic carbocycles. The predicted octanol–water partition coefficient (Wildman–Crippen LogP) is 5.45. The molecule has 1 aromatic heterocycles. The minimum atomic E-state index is -4.40. The summed E-state index contributed by atoms with van der Waals surface area (Å²) < 4.78 is 37.8. The highest BCUT2D eigenvalue weighted by molar-refractivity contribution is 7.12. The van der Waals surface area contributed by atoms with Crippen molar-refractivity contribution in [1.29, 1.82) is 0 Å². The average molecular weight is 412 g/mol. The van der Waals surface area contributed by atoms with Crippen molar-refractivity contribution < 1.29 is 23.1 Å². The molecule has 0 aliphatic heterocycles. The van der Waals surface area contributed by atoms with E-state index in [-0.39, 0.29) is 5.41 Å². The van der Waals surface area contributed by atoms with E-state index in [2.05, 4.69) is 10.6 Å². The number of hydrogen-bond donors (Lipinski definition) is 3.